The Labute approximate surface area is 126 Å². The summed E-state index contributed by atoms with van der Waals surface area (Å²) in [6.07, 6.45) is -4.35. The van der Waals surface area contributed by atoms with Gasteiger partial charge in [0.15, 0.2) is 0 Å². The van der Waals surface area contributed by atoms with Gasteiger partial charge in [0.05, 0.1) is 22.5 Å². The number of aliphatic carboxylic acids is 1. The predicted octanol–water partition coefficient (Wildman–Crippen LogP) is 1.15. The standard InChI is InChI=1S/C13H16F3NO4S/c1-3-8(2)11(12(18)19)17-22(20,21)10-6-4-5-9(7-10)13(14,15)16/h4-8,11,17H,3H2,1-2H3,(H,18,19)/p-1/t8-,11+/m0/s1. The molecule has 0 radical (unpaired) electrons. The molecule has 1 aromatic carbocycles. The highest BCUT2D eigenvalue weighted by Crippen LogP contribution is 2.30. The molecule has 0 fully saturated rings. The van der Waals surface area contributed by atoms with E-state index < -0.39 is 44.6 Å². The summed E-state index contributed by atoms with van der Waals surface area (Å²) in [5, 5.41) is 11.0. The summed E-state index contributed by atoms with van der Waals surface area (Å²) >= 11 is 0. The van der Waals surface area contributed by atoms with Crippen LogP contribution in [0.1, 0.15) is 25.8 Å². The van der Waals surface area contributed by atoms with Gasteiger partial charge in [0.2, 0.25) is 10.0 Å². The van der Waals surface area contributed by atoms with E-state index in [1.165, 1.54) is 6.92 Å². The summed E-state index contributed by atoms with van der Waals surface area (Å²) in [6.45, 7) is 3.15. The monoisotopic (exact) mass is 338 g/mol. The van der Waals surface area contributed by atoms with Gasteiger partial charge in [-0.15, -0.1) is 0 Å². The lowest BCUT2D eigenvalue weighted by atomic mass is 10.0. The number of hydrogen-bond donors (Lipinski definition) is 1. The lowest BCUT2D eigenvalue weighted by molar-refractivity contribution is -0.309. The Kier molecular flexibility index (Phi) is 5.58. The number of carbonyl (C=O) groups excluding carboxylic acids is 1. The fourth-order valence-electron chi connectivity index (χ4n) is 1.71. The Morgan fingerprint density at radius 2 is 1.95 bits per heavy atom. The summed E-state index contributed by atoms with van der Waals surface area (Å²) < 4.78 is 63.9. The molecular weight excluding hydrogens is 323 g/mol. The zero-order valence-electron chi connectivity index (χ0n) is 11.8. The summed E-state index contributed by atoms with van der Waals surface area (Å²) in [5.74, 6) is -2.21. The van der Waals surface area contributed by atoms with E-state index in [1.807, 2.05) is 4.72 Å². The lowest BCUT2D eigenvalue weighted by Gasteiger charge is -2.25. The van der Waals surface area contributed by atoms with E-state index in [4.69, 9.17) is 0 Å². The molecule has 1 aromatic rings. The van der Waals surface area contributed by atoms with Crippen LogP contribution in [0.15, 0.2) is 29.2 Å². The minimum atomic E-state index is -4.70. The molecule has 5 nitrogen and oxygen atoms in total. The van der Waals surface area contributed by atoms with Crippen molar-refractivity contribution in [2.45, 2.75) is 37.4 Å². The first-order chi connectivity index (χ1) is 9.99. The van der Waals surface area contributed by atoms with E-state index in [0.29, 0.717) is 12.5 Å². The van der Waals surface area contributed by atoms with E-state index >= 15 is 0 Å². The maximum absolute atomic E-state index is 12.6. The van der Waals surface area contributed by atoms with Crippen LogP contribution < -0.4 is 9.83 Å². The van der Waals surface area contributed by atoms with E-state index in [0.717, 1.165) is 18.2 Å². The van der Waals surface area contributed by atoms with Crippen LogP contribution in [0.25, 0.3) is 0 Å². The van der Waals surface area contributed by atoms with Crippen molar-refractivity contribution in [2.24, 2.45) is 5.92 Å². The molecule has 124 valence electrons. The molecule has 22 heavy (non-hydrogen) atoms. The molecular formula is C13H15F3NO4S-. The van der Waals surface area contributed by atoms with Crippen molar-refractivity contribution in [1.82, 2.24) is 4.72 Å². The van der Waals surface area contributed by atoms with Gasteiger partial charge < -0.3 is 9.90 Å². The third-order valence-corrected chi connectivity index (χ3v) is 4.66. The first kappa shape index (κ1) is 18.4. The highest BCUT2D eigenvalue weighted by molar-refractivity contribution is 7.89. The van der Waals surface area contributed by atoms with Gasteiger partial charge >= 0.3 is 6.18 Å². The Morgan fingerprint density at radius 3 is 2.41 bits per heavy atom. The van der Waals surface area contributed by atoms with Crippen LogP contribution in [0.4, 0.5) is 13.2 Å². The molecule has 0 amide bonds. The second-order valence-corrected chi connectivity index (χ2v) is 6.54. The fraction of sp³-hybridized carbons (Fsp3) is 0.462. The first-order valence-electron chi connectivity index (χ1n) is 6.39. The average molecular weight is 338 g/mol. The van der Waals surface area contributed by atoms with Gasteiger partial charge in [0.1, 0.15) is 0 Å². The number of rotatable bonds is 6. The van der Waals surface area contributed by atoms with Crippen molar-refractivity contribution < 1.29 is 31.5 Å². The van der Waals surface area contributed by atoms with Crippen LogP contribution in [0.3, 0.4) is 0 Å². The molecule has 0 aliphatic rings. The molecule has 0 aliphatic heterocycles. The van der Waals surface area contributed by atoms with Crippen LogP contribution >= 0.6 is 0 Å². The zero-order valence-corrected chi connectivity index (χ0v) is 12.7. The topological polar surface area (TPSA) is 86.3 Å². The summed E-state index contributed by atoms with van der Waals surface area (Å²) in [6, 6.07) is 1.55. The first-order valence-corrected chi connectivity index (χ1v) is 7.87. The van der Waals surface area contributed by atoms with Crippen LogP contribution in [0.2, 0.25) is 0 Å². The van der Waals surface area contributed by atoms with E-state index in [-0.39, 0.29) is 0 Å². The van der Waals surface area contributed by atoms with Gasteiger partial charge in [-0.05, 0) is 24.1 Å². The van der Waals surface area contributed by atoms with Crippen LogP contribution in [-0.4, -0.2) is 20.4 Å². The van der Waals surface area contributed by atoms with Gasteiger partial charge in [-0.1, -0.05) is 26.3 Å². The van der Waals surface area contributed by atoms with Crippen LogP contribution in [-0.2, 0) is 21.0 Å². The predicted molar refractivity (Wildman–Crippen MR) is 70.0 cm³/mol. The maximum atomic E-state index is 12.6. The molecule has 0 aliphatic carbocycles. The molecule has 0 spiro atoms. The van der Waals surface area contributed by atoms with E-state index in [2.05, 4.69) is 0 Å². The largest absolute Gasteiger partial charge is 0.548 e. The summed E-state index contributed by atoms with van der Waals surface area (Å²) in [5.41, 5.74) is -1.14. The minimum Gasteiger partial charge on any atom is -0.548 e. The van der Waals surface area contributed by atoms with Gasteiger partial charge in [-0.25, -0.2) is 13.1 Å². The molecule has 0 saturated carbocycles. The quantitative estimate of drug-likeness (QED) is 0.843. The van der Waals surface area contributed by atoms with Gasteiger partial charge in [-0.2, -0.15) is 13.2 Å². The van der Waals surface area contributed by atoms with Gasteiger partial charge in [0, 0.05) is 0 Å². The van der Waals surface area contributed by atoms with Crippen LogP contribution in [0.5, 0.6) is 0 Å². The maximum Gasteiger partial charge on any atom is 0.416 e. The number of benzene rings is 1. The van der Waals surface area contributed by atoms with Gasteiger partial charge in [-0.3, -0.25) is 0 Å². The number of carboxylic acids is 1. The molecule has 0 unspecified atom stereocenters. The third kappa shape index (κ3) is 4.44. The highest BCUT2D eigenvalue weighted by atomic mass is 32.2. The number of alkyl halides is 3. The van der Waals surface area contributed by atoms with Gasteiger partial charge in [0.25, 0.3) is 0 Å². The zero-order chi connectivity index (χ0) is 17.1. The van der Waals surface area contributed by atoms with E-state index in [1.54, 1.807) is 6.92 Å². The number of halogens is 3. The number of hydrogen-bond acceptors (Lipinski definition) is 4. The minimum absolute atomic E-state index is 0.351. The second kappa shape index (κ2) is 6.66. The van der Waals surface area contributed by atoms with Crippen LogP contribution in [0, 0.1) is 5.92 Å². The Bertz CT molecular complexity index is 643. The number of nitrogens with one attached hydrogen (secondary N) is 1. The molecule has 2 atom stereocenters. The normalized spacial score (nSPS) is 15.3. The van der Waals surface area contributed by atoms with Crippen molar-refractivity contribution in [3.63, 3.8) is 0 Å². The van der Waals surface area contributed by atoms with Crippen molar-refractivity contribution in [1.29, 1.82) is 0 Å². The van der Waals surface area contributed by atoms with Crippen molar-refractivity contribution in [3.05, 3.63) is 29.8 Å². The average Bonchev–Trinajstić information content (AvgIpc) is 2.43. The van der Waals surface area contributed by atoms with E-state index in [9.17, 15) is 31.5 Å². The highest BCUT2D eigenvalue weighted by Gasteiger charge is 2.32. The Balaban J connectivity index is 3.16. The van der Waals surface area contributed by atoms with Crippen molar-refractivity contribution in [3.8, 4) is 0 Å². The molecule has 9 heteroatoms. The fourth-order valence-corrected chi connectivity index (χ4v) is 3.05. The lowest BCUT2D eigenvalue weighted by Crippen LogP contribution is -2.51. The Hall–Kier alpha value is -1.61. The summed E-state index contributed by atoms with van der Waals surface area (Å²) in [4.78, 5) is 10.4. The van der Waals surface area contributed by atoms with Crippen molar-refractivity contribution >= 4 is 16.0 Å². The van der Waals surface area contributed by atoms with Crippen molar-refractivity contribution in [2.75, 3.05) is 0 Å². The molecule has 1 N–H and O–H groups in total. The molecule has 0 bridgehead atoms. The third-order valence-electron chi connectivity index (χ3n) is 3.22. The molecule has 0 saturated heterocycles. The molecule has 0 heterocycles. The smallest absolute Gasteiger partial charge is 0.416 e. The SMILES string of the molecule is CC[C@H](C)[C@@H](NS(=O)(=O)c1cccc(C(F)(F)F)c1)C(=O)[O-]. The number of carboxylic acid groups (broad SMARTS) is 1. The Morgan fingerprint density at radius 1 is 1.36 bits per heavy atom. The number of carbonyl (C=O) groups is 1. The molecule has 0 aromatic heterocycles. The summed E-state index contributed by atoms with van der Waals surface area (Å²) in [7, 11) is -4.41. The molecule has 1 rings (SSSR count). The number of sulfonamides is 1. The second-order valence-electron chi connectivity index (χ2n) is 4.83.